The molecule has 0 radical (unpaired) electrons. The Kier molecular flexibility index (Phi) is 3.67. The zero-order chi connectivity index (χ0) is 16.5. The van der Waals surface area contributed by atoms with Crippen LogP contribution in [0, 0.1) is 6.92 Å². The van der Waals surface area contributed by atoms with E-state index in [0.29, 0.717) is 5.11 Å². The first kappa shape index (κ1) is 14.7. The molecule has 3 nitrogen and oxygen atoms in total. The Morgan fingerprint density at radius 3 is 2.29 bits per heavy atom. The molecule has 3 aromatic carbocycles. The van der Waals surface area contributed by atoms with Crippen LogP contribution in [0.15, 0.2) is 71.1 Å². The van der Waals surface area contributed by atoms with Gasteiger partial charge in [0, 0.05) is 22.1 Å². The molecular formula is C20H16N2OS. The Hall–Kier alpha value is -2.85. The van der Waals surface area contributed by atoms with Crippen LogP contribution in [0.1, 0.15) is 5.56 Å². The maximum absolute atomic E-state index is 5.84. The van der Waals surface area contributed by atoms with Gasteiger partial charge in [0.15, 0.2) is 5.11 Å². The number of nitrogens with one attached hydrogen (secondary N) is 2. The maximum Gasteiger partial charge on any atom is 0.175 e. The highest BCUT2D eigenvalue weighted by atomic mass is 32.1. The highest BCUT2D eigenvalue weighted by Crippen LogP contribution is 2.30. The molecule has 0 saturated carbocycles. The van der Waals surface area contributed by atoms with Gasteiger partial charge >= 0.3 is 0 Å². The standard InChI is InChI=1S/C20H16N2OS/c1-13-6-8-14(9-7-13)21-20(24)22-15-10-11-19-17(12-15)16-4-2-3-5-18(16)23-19/h2-12H,1H3,(H2,21,22,24). The van der Waals surface area contributed by atoms with E-state index in [1.165, 1.54) is 5.56 Å². The molecule has 0 spiro atoms. The van der Waals surface area contributed by atoms with Gasteiger partial charge in [0.1, 0.15) is 11.2 Å². The summed E-state index contributed by atoms with van der Waals surface area (Å²) < 4.78 is 5.84. The number of hydrogen-bond acceptors (Lipinski definition) is 2. The number of benzene rings is 3. The zero-order valence-corrected chi connectivity index (χ0v) is 14.0. The van der Waals surface area contributed by atoms with E-state index in [-0.39, 0.29) is 0 Å². The summed E-state index contributed by atoms with van der Waals surface area (Å²) in [6, 6.07) is 22.1. The van der Waals surface area contributed by atoms with Crippen molar-refractivity contribution in [3.8, 4) is 0 Å². The lowest BCUT2D eigenvalue weighted by Crippen LogP contribution is -2.18. The Labute approximate surface area is 145 Å². The van der Waals surface area contributed by atoms with Crippen LogP contribution >= 0.6 is 12.2 Å². The number of anilines is 2. The van der Waals surface area contributed by atoms with Gasteiger partial charge in [-0.2, -0.15) is 0 Å². The fraction of sp³-hybridized carbons (Fsp3) is 0.0500. The van der Waals surface area contributed by atoms with E-state index >= 15 is 0 Å². The van der Waals surface area contributed by atoms with Crippen molar-refractivity contribution in [1.29, 1.82) is 0 Å². The lowest BCUT2D eigenvalue weighted by molar-refractivity contribution is 0.669. The van der Waals surface area contributed by atoms with Crippen molar-refractivity contribution >= 4 is 50.6 Å². The van der Waals surface area contributed by atoms with E-state index in [2.05, 4.69) is 41.8 Å². The van der Waals surface area contributed by atoms with Crippen LogP contribution in [-0.4, -0.2) is 5.11 Å². The number of fused-ring (bicyclic) bond motifs is 3. The summed E-state index contributed by atoms with van der Waals surface area (Å²) in [5.41, 5.74) is 4.88. The summed E-state index contributed by atoms with van der Waals surface area (Å²) >= 11 is 5.40. The number of furan rings is 1. The van der Waals surface area contributed by atoms with E-state index in [0.717, 1.165) is 33.3 Å². The van der Waals surface area contributed by atoms with Crippen molar-refractivity contribution in [1.82, 2.24) is 0 Å². The van der Waals surface area contributed by atoms with Gasteiger partial charge in [0.25, 0.3) is 0 Å². The van der Waals surface area contributed by atoms with Crippen molar-refractivity contribution < 1.29 is 4.42 Å². The number of rotatable bonds is 2. The first-order valence-electron chi connectivity index (χ1n) is 7.75. The molecule has 4 heteroatoms. The number of aryl methyl sites for hydroxylation is 1. The average molecular weight is 332 g/mol. The lowest BCUT2D eigenvalue weighted by Gasteiger charge is -2.10. The number of thiocarbonyl (C=S) groups is 1. The topological polar surface area (TPSA) is 37.2 Å². The second-order valence-electron chi connectivity index (χ2n) is 5.75. The highest BCUT2D eigenvalue weighted by Gasteiger charge is 2.07. The lowest BCUT2D eigenvalue weighted by atomic mass is 10.1. The van der Waals surface area contributed by atoms with Crippen LogP contribution in [0.25, 0.3) is 21.9 Å². The molecular weight excluding hydrogens is 316 g/mol. The largest absolute Gasteiger partial charge is 0.456 e. The third-order valence-corrected chi connectivity index (χ3v) is 4.15. The SMILES string of the molecule is Cc1ccc(NC(=S)Nc2ccc3oc4ccccc4c3c2)cc1. The third-order valence-electron chi connectivity index (χ3n) is 3.94. The predicted molar refractivity (Wildman–Crippen MR) is 105 cm³/mol. The summed E-state index contributed by atoms with van der Waals surface area (Å²) in [5.74, 6) is 0. The normalized spacial score (nSPS) is 10.9. The summed E-state index contributed by atoms with van der Waals surface area (Å²) in [6.07, 6.45) is 0. The molecule has 0 atom stereocenters. The van der Waals surface area contributed by atoms with Crippen LogP contribution in [0.4, 0.5) is 11.4 Å². The fourth-order valence-electron chi connectivity index (χ4n) is 2.73. The summed E-state index contributed by atoms with van der Waals surface area (Å²) in [7, 11) is 0. The molecule has 24 heavy (non-hydrogen) atoms. The first-order valence-corrected chi connectivity index (χ1v) is 8.16. The zero-order valence-electron chi connectivity index (χ0n) is 13.2. The molecule has 0 aliphatic heterocycles. The first-order chi connectivity index (χ1) is 11.7. The molecule has 4 aromatic rings. The molecule has 1 aromatic heterocycles. The van der Waals surface area contributed by atoms with Gasteiger partial charge in [-0.3, -0.25) is 0 Å². The van der Waals surface area contributed by atoms with Crippen LogP contribution < -0.4 is 10.6 Å². The van der Waals surface area contributed by atoms with Crippen LogP contribution in [0.3, 0.4) is 0 Å². The maximum atomic E-state index is 5.84. The second-order valence-corrected chi connectivity index (χ2v) is 6.16. The summed E-state index contributed by atoms with van der Waals surface area (Å²) in [4.78, 5) is 0. The molecule has 0 bridgehead atoms. The Morgan fingerprint density at radius 2 is 1.46 bits per heavy atom. The monoisotopic (exact) mass is 332 g/mol. The van der Waals surface area contributed by atoms with Gasteiger partial charge in [-0.1, -0.05) is 35.9 Å². The molecule has 118 valence electrons. The molecule has 0 amide bonds. The van der Waals surface area contributed by atoms with Crippen LogP contribution in [0.5, 0.6) is 0 Å². The van der Waals surface area contributed by atoms with E-state index < -0.39 is 0 Å². The molecule has 0 aliphatic rings. The average Bonchev–Trinajstić information content (AvgIpc) is 2.95. The van der Waals surface area contributed by atoms with E-state index in [1.54, 1.807) is 0 Å². The predicted octanol–water partition coefficient (Wildman–Crippen LogP) is 5.70. The molecule has 0 saturated heterocycles. The smallest absolute Gasteiger partial charge is 0.175 e. The molecule has 4 rings (SSSR count). The molecule has 0 fully saturated rings. The van der Waals surface area contributed by atoms with Gasteiger partial charge < -0.3 is 15.1 Å². The third kappa shape index (κ3) is 2.84. The van der Waals surface area contributed by atoms with Crippen molar-refractivity contribution in [3.63, 3.8) is 0 Å². The molecule has 2 N–H and O–H groups in total. The highest BCUT2D eigenvalue weighted by molar-refractivity contribution is 7.80. The van der Waals surface area contributed by atoms with Crippen molar-refractivity contribution in [2.24, 2.45) is 0 Å². The van der Waals surface area contributed by atoms with Gasteiger partial charge in [0.05, 0.1) is 0 Å². The van der Waals surface area contributed by atoms with Crippen LogP contribution in [-0.2, 0) is 0 Å². The Morgan fingerprint density at radius 1 is 0.792 bits per heavy atom. The van der Waals surface area contributed by atoms with Gasteiger partial charge in [-0.25, -0.2) is 0 Å². The number of hydrogen-bond donors (Lipinski definition) is 2. The van der Waals surface area contributed by atoms with E-state index in [9.17, 15) is 0 Å². The van der Waals surface area contributed by atoms with Crippen molar-refractivity contribution in [3.05, 3.63) is 72.3 Å². The minimum absolute atomic E-state index is 0.561. The number of para-hydroxylation sites is 1. The summed E-state index contributed by atoms with van der Waals surface area (Å²) in [5, 5.41) is 9.17. The second kappa shape index (κ2) is 5.98. The van der Waals surface area contributed by atoms with Gasteiger partial charge in [-0.05, 0) is 55.5 Å². The van der Waals surface area contributed by atoms with E-state index in [4.69, 9.17) is 16.6 Å². The van der Waals surface area contributed by atoms with Crippen LogP contribution in [0.2, 0.25) is 0 Å². The Balaban J connectivity index is 1.58. The van der Waals surface area contributed by atoms with Gasteiger partial charge in [0.2, 0.25) is 0 Å². The Bertz CT molecular complexity index is 1030. The van der Waals surface area contributed by atoms with Crippen molar-refractivity contribution in [2.45, 2.75) is 6.92 Å². The molecule has 0 aliphatic carbocycles. The molecule has 1 heterocycles. The van der Waals surface area contributed by atoms with Crippen molar-refractivity contribution in [2.75, 3.05) is 10.6 Å². The summed E-state index contributed by atoms with van der Waals surface area (Å²) in [6.45, 7) is 2.06. The quantitative estimate of drug-likeness (QED) is 0.461. The minimum atomic E-state index is 0.561. The minimum Gasteiger partial charge on any atom is -0.456 e. The molecule has 0 unspecified atom stereocenters. The van der Waals surface area contributed by atoms with E-state index in [1.807, 2.05) is 42.5 Å². The van der Waals surface area contributed by atoms with Gasteiger partial charge in [-0.15, -0.1) is 0 Å². The fourth-order valence-corrected chi connectivity index (χ4v) is 2.97.